The number of benzene rings is 2. The molecule has 5 nitrogen and oxygen atoms in total. The Labute approximate surface area is 154 Å². The summed E-state index contributed by atoms with van der Waals surface area (Å²) in [4.78, 5) is 23.5. The average Bonchev–Trinajstić information content (AvgIpc) is 2.61. The first kappa shape index (κ1) is 20.7. The number of nitrogens with two attached hydrogens (primary N) is 1. The predicted molar refractivity (Wildman–Crippen MR) is 101 cm³/mol. The summed E-state index contributed by atoms with van der Waals surface area (Å²) in [6.07, 6.45) is 1.69. The zero-order valence-corrected chi connectivity index (χ0v) is 15.0. The topological polar surface area (TPSA) is 81.4 Å². The molecule has 1 amide bonds. The number of methoxy groups -OCH3 is 1. The third kappa shape index (κ3) is 6.57. The van der Waals surface area contributed by atoms with E-state index in [0.717, 1.165) is 17.5 Å². The van der Waals surface area contributed by atoms with Crippen LogP contribution in [0.1, 0.15) is 27.9 Å². The van der Waals surface area contributed by atoms with Crippen LogP contribution in [0.25, 0.3) is 0 Å². The summed E-state index contributed by atoms with van der Waals surface area (Å²) < 4.78 is 4.64. The molecule has 2 aromatic carbocycles. The number of carbonyl (C=O) groups is 2. The van der Waals surface area contributed by atoms with Gasteiger partial charge in [-0.3, -0.25) is 9.59 Å². The number of aryl methyl sites for hydroxylation is 1. The third-order valence-electron chi connectivity index (χ3n) is 3.68. The Morgan fingerprint density at radius 2 is 1.76 bits per heavy atom. The highest BCUT2D eigenvalue weighted by Crippen LogP contribution is 2.14. The highest BCUT2D eigenvalue weighted by molar-refractivity contribution is 6.04. The maximum atomic E-state index is 12.3. The highest BCUT2D eigenvalue weighted by Gasteiger charge is 2.07. The summed E-state index contributed by atoms with van der Waals surface area (Å²) in [5, 5.41) is 2.87. The fourth-order valence-corrected chi connectivity index (χ4v) is 2.35. The van der Waals surface area contributed by atoms with Gasteiger partial charge in [-0.05, 0) is 54.8 Å². The van der Waals surface area contributed by atoms with Gasteiger partial charge in [-0.1, -0.05) is 24.3 Å². The highest BCUT2D eigenvalue weighted by atomic mass is 35.5. The van der Waals surface area contributed by atoms with E-state index in [2.05, 4.69) is 10.1 Å². The number of halogens is 1. The zero-order valence-electron chi connectivity index (χ0n) is 14.2. The van der Waals surface area contributed by atoms with Crippen molar-refractivity contribution in [2.24, 2.45) is 5.73 Å². The number of carbonyl (C=O) groups excluding carboxylic acids is 2. The van der Waals surface area contributed by atoms with Crippen LogP contribution in [0.4, 0.5) is 5.69 Å². The van der Waals surface area contributed by atoms with E-state index >= 15 is 0 Å². The molecule has 0 atom stereocenters. The smallest absolute Gasteiger partial charge is 0.305 e. The Bertz CT molecular complexity index is 702. The van der Waals surface area contributed by atoms with Crippen LogP contribution in [-0.2, 0) is 22.4 Å². The van der Waals surface area contributed by atoms with Crippen LogP contribution in [0, 0.1) is 0 Å². The van der Waals surface area contributed by atoms with E-state index in [1.54, 1.807) is 12.1 Å². The Morgan fingerprint density at radius 3 is 2.40 bits per heavy atom. The minimum atomic E-state index is -0.248. The molecule has 0 saturated carbocycles. The van der Waals surface area contributed by atoms with E-state index in [4.69, 9.17) is 5.73 Å². The molecule has 6 heteroatoms. The van der Waals surface area contributed by atoms with Gasteiger partial charge in [-0.2, -0.15) is 0 Å². The molecular weight excluding hydrogens is 340 g/mol. The summed E-state index contributed by atoms with van der Waals surface area (Å²) in [6.45, 7) is 0.587. The van der Waals surface area contributed by atoms with Gasteiger partial charge in [0.25, 0.3) is 5.91 Å². The largest absolute Gasteiger partial charge is 0.469 e. The lowest BCUT2D eigenvalue weighted by molar-refractivity contribution is -0.140. The molecule has 0 aliphatic heterocycles. The molecule has 134 valence electrons. The first-order valence-electron chi connectivity index (χ1n) is 7.88. The first-order valence-corrected chi connectivity index (χ1v) is 7.88. The van der Waals surface area contributed by atoms with E-state index in [9.17, 15) is 9.59 Å². The number of anilines is 1. The Hall–Kier alpha value is -2.37. The maximum Gasteiger partial charge on any atom is 0.305 e. The van der Waals surface area contributed by atoms with Crippen molar-refractivity contribution < 1.29 is 14.3 Å². The number of ether oxygens (including phenoxy) is 1. The Morgan fingerprint density at radius 1 is 1.04 bits per heavy atom. The van der Waals surface area contributed by atoms with Crippen molar-refractivity contribution in [2.75, 3.05) is 19.0 Å². The first-order chi connectivity index (χ1) is 11.6. The quantitative estimate of drug-likeness (QED) is 0.742. The fraction of sp³-hybridized carbons (Fsp3) is 0.263. The van der Waals surface area contributed by atoms with Gasteiger partial charge in [0.15, 0.2) is 0 Å². The normalized spacial score (nSPS) is 9.84. The lowest BCUT2D eigenvalue weighted by Gasteiger charge is -2.08. The van der Waals surface area contributed by atoms with Crippen molar-refractivity contribution >= 4 is 30.0 Å². The SMILES string of the molecule is COC(=O)CCc1cccc(NC(=O)c2ccc(CCN)cc2)c1.Cl. The number of nitrogens with one attached hydrogen (secondary N) is 1. The Balaban J connectivity index is 0.00000312. The van der Waals surface area contributed by atoms with Crippen LogP contribution in [0.3, 0.4) is 0 Å². The summed E-state index contributed by atoms with van der Waals surface area (Å²) in [5.74, 6) is -0.415. The van der Waals surface area contributed by atoms with Crippen molar-refractivity contribution in [2.45, 2.75) is 19.3 Å². The van der Waals surface area contributed by atoms with Crippen LogP contribution < -0.4 is 11.1 Å². The molecule has 25 heavy (non-hydrogen) atoms. The second-order valence-electron chi connectivity index (χ2n) is 5.47. The standard InChI is InChI=1S/C19H22N2O3.ClH/c1-24-18(22)10-7-15-3-2-4-17(13-15)21-19(23)16-8-5-14(6-9-16)11-12-20;/h2-6,8-9,13H,7,10-12,20H2,1H3,(H,21,23);1H. The van der Waals surface area contributed by atoms with Gasteiger partial charge < -0.3 is 15.8 Å². The van der Waals surface area contributed by atoms with Crippen molar-refractivity contribution in [1.82, 2.24) is 0 Å². The molecule has 0 unspecified atom stereocenters. The van der Waals surface area contributed by atoms with E-state index in [1.807, 2.05) is 36.4 Å². The summed E-state index contributed by atoms with van der Waals surface area (Å²) in [6, 6.07) is 14.9. The minimum Gasteiger partial charge on any atom is -0.469 e. The molecule has 3 N–H and O–H groups in total. The second-order valence-corrected chi connectivity index (χ2v) is 5.47. The molecule has 0 aliphatic rings. The van der Waals surface area contributed by atoms with Crippen molar-refractivity contribution in [3.8, 4) is 0 Å². The predicted octanol–water partition coefficient (Wildman–Crippen LogP) is 2.97. The summed E-state index contributed by atoms with van der Waals surface area (Å²) in [5.41, 5.74) is 8.89. The molecule has 0 spiro atoms. The van der Waals surface area contributed by atoms with Crippen molar-refractivity contribution in [3.05, 3.63) is 65.2 Å². The number of hydrogen-bond acceptors (Lipinski definition) is 4. The average molecular weight is 363 g/mol. The monoisotopic (exact) mass is 362 g/mol. The maximum absolute atomic E-state index is 12.3. The van der Waals surface area contributed by atoms with Gasteiger partial charge in [-0.25, -0.2) is 0 Å². The molecule has 0 aromatic heterocycles. The Kier molecular flexibility index (Phi) is 8.67. The fourth-order valence-electron chi connectivity index (χ4n) is 2.35. The molecule has 0 saturated heterocycles. The van der Waals surface area contributed by atoms with Crippen LogP contribution >= 0.6 is 12.4 Å². The van der Waals surface area contributed by atoms with Crippen LogP contribution in [0.2, 0.25) is 0 Å². The van der Waals surface area contributed by atoms with E-state index < -0.39 is 0 Å². The van der Waals surface area contributed by atoms with E-state index in [-0.39, 0.29) is 24.3 Å². The van der Waals surface area contributed by atoms with Gasteiger partial charge in [0, 0.05) is 17.7 Å². The number of rotatable bonds is 7. The van der Waals surface area contributed by atoms with Gasteiger partial charge in [0.05, 0.1) is 7.11 Å². The molecular formula is C19H23ClN2O3. The molecule has 2 rings (SSSR count). The van der Waals surface area contributed by atoms with Crippen LogP contribution in [0.15, 0.2) is 48.5 Å². The molecule has 0 bridgehead atoms. The van der Waals surface area contributed by atoms with Gasteiger partial charge in [0.2, 0.25) is 0 Å². The van der Waals surface area contributed by atoms with Crippen LogP contribution in [-0.4, -0.2) is 25.5 Å². The summed E-state index contributed by atoms with van der Waals surface area (Å²) in [7, 11) is 1.37. The third-order valence-corrected chi connectivity index (χ3v) is 3.68. The molecule has 0 radical (unpaired) electrons. The minimum absolute atomic E-state index is 0. The van der Waals surface area contributed by atoms with Gasteiger partial charge in [0.1, 0.15) is 0 Å². The number of esters is 1. The zero-order chi connectivity index (χ0) is 17.4. The van der Waals surface area contributed by atoms with Gasteiger partial charge in [-0.15, -0.1) is 12.4 Å². The van der Waals surface area contributed by atoms with Crippen molar-refractivity contribution in [1.29, 1.82) is 0 Å². The van der Waals surface area contributed by atoms with E-state index in [1.165, 1.54) is 7.11 Å². The number of hydrogen-bond donors (Lipinski definition) is 2. The van der Waals surface area contributed by atoms with Crippen LogP contribution in [0.5, 0.6) is 0 Å². The molecule has 2 aromatic rings. The lowest BCUT2D eigenvalue weighted by atomic mass is 10.1. The van der Waals surface area contributed by atoms with E-state index in [0.29, 0.717) is 30.6 Å². The number of amides is 1. The van der Waals surface area contributed by atoms with Crippen molar-refractivity contribution in [3.63, 3.8) is 0 Å². The lowest BCUT2D eigenvalue weighted by Crippen LogP contribution is -2.12. The molecule has 0 heterocycles. The summed E-state index contributed by atoms with van der Waals surface area (Å²) >= 11 is 0. The second kappa shape index (κ2) is 10.5. The van der Waals surface area contributed by atoms with Gasteiger partial charge >= 0.3 is 5.97 Å². The molecule has 0 aliphatic carbocycles. The molecule has 0 fully saturated rings.